The Kier molecular flexibility index (Phi) is 9.23. The highest BCUT2D eigenvalue weighted by Gasteiger charge is 2.31. The van der Waals surface area contributed by atoms with Gasteiger partial charge < -0.3 is 14.8 Å². The Hall–Kier alpha value is -4.07. The second-order valence-electron chi connectivity index (χ2n) is 9.00. The highest BCUT2D eigenvalue weighted by molar-refractivity contribution is 7.99. The van der Waals surface area contributed by atoms with Crippen LogP contribution < -0.4 is 14.8 Å². The van der Waals surface area contributed by atoms with Crippen LogP contribution in [0.5, 0.6) is 11.5 Å². The van der Waals surface area contributed by atoms with E-state index in [1.54, 1.807) is 26.4 Å². The Labute approximate surface area is 257 Å². The maximum Gasteiger partial charge on any atom is 0.416 e. The molecule has 2 heterocycles. The molecule has 0 radical (unpaired) electrons. The molecule has 3 aromatic carbocycles. The number of rotatable bonds is 10. The SMILES string of the molecule is COc1ccc(-c2nnc(SCC(=O)Nc3ncc(Cc4cc(C(F)(F)F)ccc4Cl)s3)n2-c2ccccc2)cc1OC. The van der Waals surface area contributed by atoms with Crippen LogP contribution in [0.3, 0.4) is 0 Å². The fraction of sp³-hybridized carbons (Fsp3) is 0.172. The number of amides is 1. The van der Waals surface area contributed by atoms with Gasteiger partial charge in [0.2, 0.25) is 5.91 Å². The van der Waals surface area contributed by atoms with Crippen molar-refractivity contribution >= 4 is 45.7 Å². The number of carbonyl (C=O) groups is 1. The number of methoxy groups -OCH3 is 2. The summed E-state index contributed by atoms with van der Waals surface area (Å²) in [5.41, 5.74) is 1.08. The van der Waals surface area contributed by atoms with Gasteiger partial charge in [0.25, 0.3) is 0 Å². The summed E-state index contributed by atoms with van der Waals surface area (Å²) in [5, 5.41) is 12.5. The van der Waals surface area contributed by atoms with Crippen molar-refractivity contribution in [2.75, 3.05) is 25.3 Å². The van der Waals surface area contributed by atoms with E-state index in [4.69, 9.17) is 21.1 Å². The number of thioether (sulfide) groups is 1. The summed E-state index contributed by atoms with van der Waals surface area (Å²) in [6, 6.07) is 18.1. The molecule has 14 heteroatoms. The first-order valence-electron chi connectivity index (χ1n) is 12.6. The average molecular weight is 646 g/mol. The number of ether oxygens (including phenoxy) is 2. The van der Waals surface area contributed by atoms with Gasteiger partial charge in [-0.25, -0.2) is 4.98 Å². The second kappa shape index (κ2) is 13.1. The Morgan fingerprint density at radius 1 is 1.02 bits per heavy atom. The lowest BCUT2D eigenvalue weighted by atomic mass is 10.1. The molecule has 0 aliphatic carbocycles. The minimum atomic E-state index is -4.48. The van der Waals surface area contributed by atoms with Gasteiger partial charge in [0.1, 0.15) is 0 Å². The maximum absolute atomic E-state index is 13.1. The first-order chi connectivity index (χ1) is 20.7. The molecule has 0 unspecified atom stereocenters. The molecule has 43 heavy (non-hydrogen) atoms. The molecule has 0 bridgehead atoms. The van der Waals surface area contributed by atoms with Crippen molar-refractivity contribution in [1.82, 2.24) is 19.7 Å². The number of halogens is 4. The van der Waals surface area contributed by atoms with E-state index in [9.17, 15) is 18.0 Å². The number of thiazole rings is 1. The fourth-order valence-electron chi connectivity index (χ4n) is 4.14. The molecule has 0 spiro atoms. The lowest BCUT2D eigenvalue weighted by Crippen LogP contribution is -2.14. The molecule has 5 rings (SSSR count). The zero-order valence-corrected chi connectivity index (χ0v) is 25.1. The van der Waals surface area contributed by atoms with E-state index < -0.39 is 11.7 Å². The summed E-state index contributed by atoms with van der Waals surface area (Å²) in [6.07, 6.45) is -2.83. The number of aromatic nitrogens is 4. The summed E-state index contributed by atoms with van der Waals surface area (Å²) < 4.78 is 52.0. The van der Waals surface area contributed by atoms with E-state index in [0.29, 0.717) is 38.1 Å². The first kappa shape index (κ1) is 30.4. The molecule has 1 amide bonds. The lowest BCUT2D eigenvalue weighted by Gasteiger charge is -2.12. The standard InChI is InChI=1S/C29H23ClF3N5O3S2/c1-40-23-11-8-17(14-24(23)41-2)26-36-37-28(38(26)20-6-4-3-5-7-20)42-16-25(39)35-27-34-15-21(43-27)13-18-12-19(29(31,32)33)9-10-22(18)30/h3-12,14-15H,13,16H2,1-2H3,(H,34,35,39). The lowest BCUT2D eigenvalue weighted by molar-refractivity contribution is -0.137. The van der Waals surface area contributed by atoms with Crippen LogP contribution >= 0.6 is 34.7 Å². The number of hydrogen-bond acceptors (Lipinski definition) is 8. The fourth-order valence-corrected chi connectivity index (χ4v) is 5.93. The van der Waals surface area contributed by atoms with Gasteiger partial charge in [-0.05, 0) is 54.1 Å². The smallest absolute Gasteiger partial charge is 0.416 e. The van der Waals surface area contributed by atoms with Crippen LogP contribution in [0.4, 0.5) is 18.3 Å². The summed E-state index contributed by atoms with van der Waals surface area (Å²) in [4.78, 5) is 17.7. The third-order valence-electron chi connectivity index (χ3n) is 6.16. The van der Waals surface area contributed by atoms with Gasteiger partial charge in [-0.1, -0.05) is 41.6 Å². The van der Waals surface area contributed by atoms with Crippen LogP contribution in [-0.2, 0) is 17.4 Å². The van der Waals surface area contributed by atoms with Crippen molar-refractivity contribution in [3.05, 3.63) is 94.0 Å². The number of nitrogens with zero attached hydrogens (tertiary/aromatic N) is 4. The normalized spacial score (nSPS) is 11.4. The molecule has 2 aromatic heterocycles. The van der Waals surface area contributed by atoms with Gasteiger partial charge in [0.15, 0.2) is 27.6 Å². The zero-order chi connectivity index (χ0) is 30.6. The van der Waals surface area contributed by atoms with Gasteiger partial charge in [-0.15, -0.1) is 21.5 Å². The Bertz CT molecular complexity index is 1750. The van der Waals surface area contributed by atoms with Crippen LogP contribution in [-0.4, -0.2) is 45.6 Å². The number of hydrogen-bond donors (Lipinski definition) is 1. The second-order valence-corrected chi connectivity index (χ2v) is 11.5. The summed E-state index contributed by atoms with van der Waals surface area (Å²) >= 11 is 8.48. The van der Waals surface area contributed by atoms with E-state index in [0.717, 1.165) is 34.7 Å². The highest BCUT2D eigenvalue weighted by Crippen LogP contribution is 2.35. The Morgan fingerprint density at radius 2 is 1.79 bits per heavy atom. The van der Waals surface area contributed by atoms with Crippen LogP contribution in [0.15, 0.2) is 78.1 Å². The van der Waals surface area contributed by atoms with Crippen molar-refractivity contribution in [3.63, 3.8) is 0 Å². The van der Waals surface area contributed by atoms with Gasteiger partial charge in [0.05, 0.1) is 25.5 Å². The molecular formula is C29H23ClF3N5O3S2. The molecular weight excluding hydrogens is 623 g/mol. The van der Waals surface area contributed by atoms with E-state index in [-0.39, 0.29) is 23.1 Å². The first-order valence-corrected chi connectivity index (χ1v) is 14.8. The monoisotopic (exact) mass is 645 g/mol. The number of para-hydroxylation sites is 1. The van der Waals surface area contributed by atoms with Crippen LogP contribution in [0.2, 0.25) is 5.02 Å². The highest BCUT2D eigenvalue weighted by atomic mass is 35.5. The minimum Gasteiger partial charge on any atom is -0.493 e. The quantitative estimate of drug-likeness (QED) is 0.158. The van der Waals surface area contributed by atoms with Gasteiger partial charge >= 0.3 is 6.18 Å². The van der Waals surface area contributed by atoms with Gasteiger partial charge in [0, 0.05) is 33.8 Å². The van der Waals surface area contributed by atoms with Crippen molar-refractivity contribution in [1.29, 1.82) is 0 Å². The molecule has 1 N–H and O–H groups in total. The Morgan fingerprint density at radius 3 is 2.51 bits per heavy atom. The number of carbonyl (C=O) groups excluding carboxylic acids is 1. The number of benzene rings is 3. The van der Waals surface area contributed by atoms with E-state index >= 15 is 0 Å². The minimum absolute atomic E-state index is 0.00523. The number of alkyl halides is 3. The molecule has 5 aromatic rings. The topological polar surface area (TPSA) is 91.2 Å². The third-order valence-corrected chi connectivity index (χ3v) is 8.37. The predicted molar refractivity (Wildman–Crippen MR) is 161 cm³/mol. The van der Waals surface area contributed by atoms with Crippen molar-refractivity contribution in [2.45, 2.75) is 17.8 Å². The zero-order valence-electron chi connectivity index (χ0n) is 22.7. The third kappa shape index (κ3) is 7.12. The largest absolute Gasteiger partial charge is 0.493 e. The molecule has 222 valence electrons. The summed E-state index contributed by atoms with van der Waals surface area (Å²) in [5.74, 6) is 1.33. The van der Waals surface area contributed by atoms with Crippen LogP contribution in [0.1, 0.15) is 16.0 Å². The van der Waals surface area contributed by atoms with Crippen molar-refractivity contribution < 1.29 is 27.4 Å². The molecule has 0 atom stereocenters. The predicted octanol–water partition coefficient (Wildman–Crippen LogP) is 7.40. The van der Waals surface area contributed by atoms with Crippen molar-refractivity contribution in [3.8, 4) is 28.6 Å². The molecule has 0 aliphatic heterocycles. The molecule has 0 aliphatic rings. The summed E-state index contributed by atoms with van der Waals surface area (Å²) in [6.45, 7) is 0. The maximum atomic E-state index is 13.1. The van der Waals surface area contributed by atoms with E-state index in [2.05, 4.69) is 20.5 Å². The number of nitrogens with one attached hydrogen (secondary N) is 1. The van der Waals surface area contributed by atoms with E-state index in [1.807, 2.05) is 41.0 Å². The van der Waals surface area contributed by atoms with Crippen LogP contribution in [0.25, 0.3) is 17.1 Å². The molecule has 0 fully saturated rings. The van der Waals surface area contributed by atoms with Crippen molar-refractivity contribution in [2.24, 2.45) is 0 Å². The number of anilines is 1. The molecule has 8 nitrogen and oxygen atoms in total. The van der Waals surface area contributed by atoms with Gasteiger partial charge in [-0.3, -0.25) is 9.36 Å². The average Bonchev–Trinajstić information content (AvgIpc) is 3.63. The molecule has 0 saturated carbocycles. The van der Waals surface area contributed by atoms with Gasteiger partial charge in [-0.2, -0.15) is 13.2 Å². The molecule has 0 saturated heterocycles. The van der Waals surface area contributed by atoms with E-state index in [1.165, 1.54) is 24.0 Å². The summed E-state index contributed by atoms with van der Waals surface area (Å²) in [7, 11) is 3.11. The Balaban J connectivity index is 1.30. The van der Waals surface area contributed by atoms with Crippen LogP contribution in [0, 0.1) is 0 Å².